The molecule has 0 amide bonds. The smallest absolute Gasteiger partial charge is 0.146 e. The Kier molecular flexibility index (Phi) is 4.35. The van der Waals surface area contributed by atoms with E-state index in [1.165, 1.54) is 0 Å². The lowest BCUT2D eigenvalue weighted by atomic mass is 10.2. The molecule has 3 nitrogen and oxygen atoms in total. The molecule has 1 rings (SSSR count). The van der Waals surface area contributed by atoms with E-state index < -0.39 is 0 Å². The van der Waals surface area contributed by atoms with E-state index in [1.54, 1.807) is 7.11 Å². The number of ether oxygens (including phenoxy) is 2. The average Bonchev–Trinajstić information content (AvgIpc) is 2.03. The molecule has 0 radical (unpaired) electrons. The van der Waals surface area contributed by atoms with Gasteiger partial charge in [-0.25, -0.2) is 4.98 Å². The van der Waals surface area contributed by atoms with Crippen LogP contribution in [0.1, 0.15) is 11.3 Å². The Morgan fingerprint density at radius 2 is 2.23 bits per heavy atom. The van der Waals surface area contributed by atoms with Gasteiger partial charge >= 0.3 is 0 Å². The van der Waals surface area contributed by atoms with Crippen LogP contribution in [0.15, 0.2) is 16.7 Å². The van der Waals surface area contributed by atoms with Gasteiger partial charge in [-0.05, 0) is 40.5 Å². The zero-order valence-electron chi connectivity index (χ0n) is 7.71. The first-order valence-electron chi connectivity index (χ1n) is 3.92. The molecule has 0 saturated heterocycles. The Morgan fingerprint density at radius 1 is 1.46 bits per heavy atom. The van der Waals surface area contributed by atoms with Gasteiger partial charge in [0.25, 0.3) is 0 Å². The van der Waals surface area contributed by atoms with Crippen molar-refractivity contribution in [3.63, 3.8) is 0 Å². The number of methoxy groups -OCH3 is 1. The van der Waals surface area contributed by atoms with Crippen molar-refractivity contribution in [2.24, 2.45) is 0 Å². The summed E-state index contributed by atoms with van der Waals surface area (Å²) in [7, 11) is 1.60. The van der Waals surface area contributed by atoms with Gasteiger partial charge in [-0.2, -0.15) is 0 Å². The molecule has 72 valence electrons. The van der Waals surface area contributed by atoms with E-state index in [2.05, 4.69) is 20.9 Å². The Hall–Kier alpha value is -0.450. The van der Waals surface area contributed by atoms with Gasteiger partial charge in [0.05, 0.1) is 6.61 Å². The number of hydrogen-bond acceptors (Lipinski definition) is 3. The lowest BCUT2D eigenvalue weighted by molar-refractivity contribution is -0.0391. The lowest BCUT2D eigenvalue weighted by Gasteiger charge is -2.04. The normalized spacial score (nSPS) is 10.4. The first-order chi connectivity index (χ1) is 6.22. The highest BCUT2D eigenvalue weighted by Crippen LogP contribution is 2.11. The zero-order chi connectivity index (χ0) is 9.68. The molecule has 1 aromatic heterocycles. The van der Waals surface area contributed by atoms with E-state index in [9.17, 15) is 0 Å². The van der Waals surface area contributed by atoms with E-state index in [0.717, 1.165) is 15.9 Å². The minimum atomic E-state index is 0.318. The van der Waals surface area contributed by atoms with Crippen LogP contribution in [0.25, 0.3) is 0 Å². The number of halogens is 1. The molecule has 1 heterocycles. The third-order valence-electron chi connectivity index (χ3n) is 1.45. The van der Waals surface area contributed by atoms with E-state index in [1.807, 2.05) is 19.1 Å². The second kappa shape index (κ2) is 5.32. The molecule has 0 aliphatic carbocycles. The summed E-state index contributed by atoms with van der Waals surface area (Å²) in [5.41, 5.74) is 2.07. The highest BCUT2D eigenvalue weighted by atomic mass is 79.9. The third kappa shape index (κ3) is 3.85. The molecule has 0 unspecified atom stereocenters. The molecule has 0 aromatic carbocycles. The fraction of sp³-hybridized carbons (Fsp3) is 0.444. The van der Waals surface area contributed by atoms with Crippen LogP contribution in [0.4, 0.5) is 0 Å². The van der Waals surface area contributed by atoms with Gasteiger partial charge < -0.3 is 9.47 Å². The van der Waals surface area contributed by atoms with Crippen molar-refractivity contribution in [2.45, 2.75) is 13.5 Å². The molecular formula is C9H12BrNO2. The number of hydrogen-bond donors (Lipinski definition) is 0. The molecule has 0 aliphatic rings. The van der Waals surface area contributed by atoms with Gasteiger partial charge in [0.1, 0.15) is 11.4 Å². The monoisotopic (exact) mass is 245 g/mol. The second-order valence-corrected chi connectivity index (χ2v) is 3.51. The summed E-state index contributed by atoms with van der Waals surface area (Å²) in [6, 6.07) is 3.92. The maximum atomic E-state index is 5.21. The third-order valence-corrected chi connectivity index (χ3v) is 1.86. The molecule has 0 bridgehead atoms. The molecule has 13 heavy (non-hydrogen) atoms. The van der Waals surface area contributed by atoms with E-state index in [0.29, 0.717) is 13.4 Å². The molecule has 0 atom stereocenters. The minimum Gasteiger partial charge on any atom is -0.359 e. The van der Waals surface area contributed by atoms with Crippen LogP contribution < -0.4 is 0 Å². The van der Waals surface area contributed by atoms with E-state index in [-0.39, 0.29) is 0 Å². The van der Waals surface area contributed by atoms with Crippen LogP contribution in [0.2, 0.25) is 0 Å². The summed E-state index contributed by atoms with van der Waals surface area (Å²) in [6.07, 6.45) is 0. The van der Waals surface area contributed by atoms with E-state index >= 15 is 0 Å². The fourth-order valence-corrected chi connectivity index (χ4v) is 1.60. The molecule has 0 aliphatic heterocycles. The lowest BCUT2D eigenvalue weighted by Crippen LogP contribution is -1.98. The van der Waals surface area contributed by atoms with Crippen molar-refractivity contribution in [2.75, 3.05) is 13.9 Å². The summed E-state index contributed by atoms with van der Waals surface area (Å²) in [4.78, 5) is 4.19. The van der Waals surface area contributed by atoms with Crippen molar-refractivity contribution in [1.29, 1.82) is 0 Å². The average molecular weight is 246 g/mol. The molecule has 1 aromatic rings. The number of pyridine rings is 1. The Labute approximate surface area is 86.2 Å². The quantitative estimate of drug-likeness (QED) is 0.464. The van der Waals surface area contributed by atoms with Crippen LogP contribution in [-0.4, -0.2) is 18.9 Å². The van der Waals surface area contributed by atoms with E-state index in [4.69, 9.17) is 9.47 Å². The van der Waals surface area contributed by atoms with Gasteiger partial charge in [-0.1, -0.05) is 0 Å². The molecule has 0 saturated carbocycles. The topological polar surface area (TPSA) is 31.4 Å². The van der Waals surface area contributed by atoms with Crippen molar-refractivity contribution in [1.82, 2.24) is 4.98 Å². The van der Waals surface area contributed by atoms with Crippen LogP contribution in [-0.2, 0) is 16.1 Å². The minimum absolute atomic E-state index is 0.318. The molecule has 0 spiro atoms. The van der Waals surface area contributed by atoms with Crippen molar-refractivity contribution < 1.29 is 9.47 Å². The summed E-state index contributed by atoms with van der Waals surface area (Å²) < 4.78 is 10.8. The molecule has 0 fully saturated rings. The number of rotatable bonds is 4. The Balaban J connectivity index is 2.56. The summed E-state index contributed by atoms with van der Waals surface area (Å²) in [5.74, 6) is 0. The number of aromatic nitrogens is 1. The van der Waals surface area contributed by atoms with Crippen molar-refractivity contribution >= 4 is 15.9 Å². The maximum absolute atomic E-state index is 5.21. The molecule has 0 N–H and O–H groups in total. The SMILES string of the molecule is COCOCc1cc(C)nc(Br)c1. The maximum Gasteiger partial charge on any atom is 0.146 e. The van der Waals surface area contributed by atoms with Gasteiger partial charge in [0, 0.05) is 12.8 Å². The number of aryl methyl sites for hydroxylation is 1. The summed E-state index contributed by atoms with van der Waals surface area (Å²) in [6.45, 7) is 2.82. The summed E-state index contributed by atoms with van der Waals surface area (Å²) >= 11 is 3.32. The summed E-state index contributed by atoms with van der Waals surface area (Å²) in [5, 5.41) is 0. The highest BCUT2D eigenvalue weighted by molar-refractivity contribution is 9.10. The van der Waals surface area contributed by atoms with Gasteiger partial charge in [0.15, 0.2) is 0 Å². The van der Waals surface area contributed by atoms with Crippen molar-refractivity contribution in [3.8, 4) is 0 Å². The Bertz CT molecular complexity index is 258. The molecular weight excluding hydrogens is 234 g/mol. The van der Waals surface area contributed by atoms with Crippen molar-refractivity contribution in [3.05, 3.63) is 28.0 Å². The van der Waals surface area contributed by atoms with Crippen LogP contribution in [0, 0.1) is 6.92 Å². The first kappa shape index (κ1) is 10.6. The molecule has 4 heteroatoms. The van der Waals surface area contributed by atoms with Crippen LogP contribution >= 0.6 is 15.9 Å². The fourth-order valence-electron chi connectivity index (χ4n) is 1.02. The predicted octanol–water partition coefficient (Wildman–Crippen LogP) is 2.27. The highest BCUT2D eigenvalue weighted by Gasteiger charge is 1.97. The van der Waals surface area contributed by atoms with Crippen LogP contribution in [0.5, 0.6) is 0 Å². The van der Waals surface area contributed by atoms with Gasteiger partial charge in [-0.15, -0.1) is 0 Å². The van der Waals surface area contributed by atoms with Gasteiger partial charge in [-0.3, -0.25) is 0 Å². The van der Waals surface area contributed by atoms with Crippen LogP contribution in [0.3, 0.4) is 0 Å². The largest absolute Gasteiger partial charge is 0.359 e. The first-order valence-corrected chi connectivity index (χ1v) is 4.71. The second-order valence-electron chi connectivity index (χ2n) is 2.69. The predicted molar refractivity (Wildman–Crippen MR) is 53.3 cm³/mol. The number of nitrogens with zero attached hydrogens (tertiary/aromatic N) is 1. The zero-order valence-corrected chi connectivity index (χ0v) is 9.30. The van der Waals surface area contributed by atoms with Gasteiger partial charge in [0.2, 0.25) is 0 Å². The Morgan fingerprint density at radius 3 is 2.85 bits per heavy atom. The standard InChI is InChI=1S/C9H12BrNO2/c1-7-3-8(4-9(10)11-7)5-13-6-12-2/h3-4H,5-6H2,1-2H3.